The maximum absolute atomic E-state index is 12.3. The SMILES string of the molecule is CCS(=O)(=O)N1CC[C@@H]2[C@H]1CCC(=O)N2c1ccccc1. The highest BCUT2D eigenvalue weighted by atomic mass is 32.2. The Morgan fingerprint density at radius 3 is 2.52 bits per heavy atom. The van der Waals surface area contributed by atoms with Crippen molar-refractivity contribution >= 4 is 21.6 Å². The predicted molar refractivity (Wildman–Crippen MR) is 81.5 cm³/mol. The second kappa shape index (κ2) is 5.42. The van der Waals surface area contributed by atoms with Gasteiger partial charge in [-0.3, -0.25) is 4.79 Å². The lowest BCUT2D eigenvalue weighted by atomic mass is 9.96. The highest BCUT2D eigenvalue weighted by Gasteiger charge is 2.47. The van der Waals surface area contributed by atoms with E-state index in [2.05, 4.69) is 0 Å². The molecule has 0 unspecified atom stereocenters. The van der Waals surface area contributed by atoms with Crippen LogP contribution in [0.3, 0.4) is 0 Å². The number of carbonyl (C=O) groups is 1. The Hall–Kier alpha value is -1.40. The van der Waals surface area contributed by atoms with E-state index in [9.17, 15) is 13.2 Å². The van der Waals surface area contributed by atoms with Gasteiger partial charge in [-0.25, -0.2) is 8.42 Å². The van der Waals surface area contributed by atoms with Crippen LogP contribution >= 0.6 is 0 Å². The van der Waals surface area contributed by atoms with Crippen molar-refractivity contribution in [2.45, 2.75) is 38.3 Å². The summed E-state index contributed by atoms with van der Waals surface area (Å²) in [5.41, 5.74) is 0.868. The highest BCUT2D eigenvalue weighted by molar-refractivity contribution is 7.89. The van der Waals surface area contributed by atoms with Crippen molar-refractivity contribution in [3.05, 3.63) is 30.3 Å². The van der Waals surface area contributed by atoms with Gasteiger partial charge in [0.25, 0.3) is 0 Å². The zero-order valence-electron chi connectivity index (χ0n) is 12.1. The number of fused-ring (bicyclic) bond motifs is 1. The van der Waals surface area contributed by atoms with Crippen LogP contribution in [0, 0.1) is 0 Å². The molecular formula is C15H20N2O3S. The van der Waals surface area contributed by atoms with Gasteiger partial charge in [0, 0.05) is 24.7 Å². The average molecular weight is 308 g/mol. The van der Waals surface area contributed by atoms with E-state index < -0.39 is 10.0 Å². The van der Waals surface area contributed by atoms with E-state index in [-0.39, 0.29) is 23.7 Å². The minimum Gasteiger partial charge on any atom is -0.308 e. The quantitative estimate of drug-likeness (QED) is 0.852. The molecule has 0 spiro atoms. The number of piperidine rings is 1. The summed E-state index contributed by atoms with van der Waals surface area (Å²) >= 11 is 0. The summed E-state index contributed by atoms with van der Waals surface area (Å²) in [6.07, 6.45) is 1.75. The molecule has 0 radical (unpaired) electrons. The van der Waals surface area contributed by atoms with E-state index in [1.807, 2.05) is 30.3 Å². The molecule has 5 nitrogen and oxygen atoms in total. The fourth-order valence-electron chi connectivity index (χ4n) is 3.46. The molecule has 0 aromatic heterocycles. The third-order valence-corrected chi connectivity index (χ3v) is 6.37. The van der Waals surface area contributed by atoms with Gasteiger partial charge >= 0.3 is 0 Å². The van der Waals surface area contributed by atoms with Crippen molar-refractivity contribution in [3.63, 3.8) is 0 Å². The monoisotopic (exact) mass is 308 g/mol. The van der Waals surface area contributed by atoms with Gasteiger partial charge in [-0.15, -0.1) is 0 Å². The molecule has 2 heterocycles. The summed E-state index contributed by atoms with van der Waals surface area (Å²) in [5.74, 6) is 0.216. The van der Waals surface area contributed by atoms with Gasteiger partial charge in [-0.2, -0.15) is 4.31 Å². The molecule has 0 saturated carbocycles. The summed E-state index contributed by atoms with van der Waals surface area (Å²) in [6.45, 7) is 2.19. The maximum Gasteiger partial charge on any atom is 0.227 e. The number of anilines is 1. The van der Waals surface area contributed by atoms with Gasteiger partial charge in [0.15, 0.2) is 0 Å². The number of hydrogen-bond acceptors (Lipinski definition) is 3. The zero-order chi connectivity index (χ0) is 15.0. The number of nitrogens with zero attached hydrogens (tertiary/aromatic N) is 2. The normalized spacial score (nSPS) is 26.9. The van der Waals surface area contributed by atoms with Crippen LogP contribution in [0.2, 0.25) is 0 Å². The Kier molecular flexibility index (Phi) is 3.75. The Morgan fingerprint density at radius 1 is 1.14 bits per heavy atom. The summed E-state index contributed by atoms with van der Waals surface area (Å²) in [5, 5.41) is 0. The standard InChI is InChI=1S/C15H20N2O3S/c1-2-21(19,20)16-11-10-14-13(16)8-9-15(18)17(14)12-6-4-3-5-7-12/h3-7,13-14H,2,8-11H2,1H3/t13-,14-/m1/s1. The Bertz CT molecular complexity index is 630. The molecule has 1 aromatic carbocycles. The largest absolute Gasteiger partial charge is 0.308 e. The summed E-state index contributed by atoms with van der Waals surface area (Å²) in [6, 6.07) is 9.44. The predicted octanol–water partition coefficient (Wildman–Crippen LogP) is 1.61. The third kappa shape index (κ3) is 2.46. The molecular weight excluding hydrogens is 288 g/mol. The summed E-state index contributed by atoms with van der Waals surface area (Å²) < 4.78 is 26.0. The van der Waals surface area contributed by atoms with Crippen LogP contribution < -0.4 is 4.90 Å². The number of hydrogen-bond donors (Lipinski definition) is 0. The summed E-state index contributed by atoms with van der Waals surface area (Å²) in [4.78, 5) is 14.1. The first kappa shape index (κ1) is 14.5. The molecule has 2 fully saturated rings. The average Bonchev–Trinajstić information content (AvgIpc) is 2.92. The van der Waals surface area contributed by atoms with Crippen molar-refractivity contribution in [2.75, 3.05) is 17.2 Å². The van der Waals surface area contributed by atoms with Crippen molar-refractivity contribution in [1.29, 1.82) is 0 Å². The van der Waals surface area contributed by atoms with Gasteiger partial charge < -0.3 is 4.90 Å². The minimum absolute atomic E-state index is 0.0324. The third-order valence-electron chi connectivity index (χ3n) is 4.47. The lowest BCUT2D eigenvalue weighted by molar-refractivity contribution is -0.120. The number of carbonyl (C=O) groups excluding carboxylic acids is 1. The molecule has 2 aliphatic rings. The first-order chi connectivity index (χ1) is 10.0. The van der Waals surface area contributed by atoms with E-state index in [1.165, 1.54) is 0 Å². The molecule has 0 bridgehead atoms. The number of rotatable bonds is 3. The van der Waals surface area contributed by atoms with Crippen molar-refractivity contribution in [3.8, 4) is 0 Å². The van der Waals surface area contributed by atoms with Crippen LogP contribution in [0.1, 0.15) is 26.2 Å². The van der Waals surface area contributed by atoms with E-state index in [4.69, 9.17) is 0 Å². The van der Waals surface area contributed by atoms with Crippen LogP contribution in [0.5, 0.6) is 0 Å². The van der Waals surface area contributed by atoms with Crippen molar-refractivity contribution in [2.24, 2.45) is 0 Å². The lowest BCUT2D eigenvalue weighted by Gasteiger charge is -2.39. The maximum atomic E-state index is 12.3. The molecule has 2 saturated heterocycles. The smallest absolute Gasteiger partial charge is 0.227 e. The summed E-state index contributed by atoms with van der Waals surface area (Å²) in [7, 11) is -3.20. The van der Waals surface area contributed by atoms with E-state index in [0.29, 0.717) is 25.8 Å². The highest BCUT2D eigenvalue weighted by Crippen LogP contribution is 2.36. The molecule has 3 rings (SSSR count). The second-order valence-electron chi connectivity index (χ2n) is 5.57. The van der Waals surface area contributed by atoms with Gasteiger partial charge in [-0.05, 0) is 31.9 Å². The van der Waals surface area contributed by atoms with Crippen molar-refractivity contribution < 1.29 is 13.2 Å². The first-order valence-corrected chi connectivity index (χ1v) is 9.02. The van der Waals surface area contributed by atoms with Crippen LogP contribution in [0.25, 0.3) is 0 Å². The Labute approximate surface area is 125 Å². The Balaban J connectivity index is 1.93. The van der Waals surface area contributed by atoms with Gasteiger partial charge in [0.1, 0.15) is 0 Å². The first-order valence-electron chi connectivity index (χ1n) is 7.41. The fourth-order valence-corrected chi connectivity index (χ4v) is 4.83. The van der Waals surface area contributed by atoms with Gasteiger partial charge in [0.05, 0.1) is 11.8 Å². The molecule has 0 N–H and O–H groups in total. The minimum atomic E-state index is -3.20. The molecule has 6 heteroatoms. The number of benzene rings is 1. The number of amides is 1. The van der Waals surface area contributed by atoms with E-state index in [0.717, 1.165) is 5.69 Å². The topological polar surface area (TPSA) is 57.7 Å². The number of para-hydroxylation sites is 1. The molecule has 0 aliphatic carbocycles. The van der Waals surface area contributed by atoms with Gasteiger partial charge in [-0.1, -0.05) is 18.2 Å². The van der Waals surface area contributed by atoms with E-state index >= 15 is 0 Å². The molecule has 114 valence electrons. The fraction of sp³-hybridized carbons (Fsp3) is 0.533. The zero-order valence-corrected chi connectivity index (χ0v) is 12.9. The molecule has 1 amide bonds. The molecule has 2 atom stereocenters. The molecule has 1 aromatic rings. The van der Waals surface area contributed by atoms with Crippen molar-refractivity contribution in [1.82, 2.24) is 4.31 Å². The Morgan fingerprint density at radius 2 is 1.86 bits per heavy atom. The van der Waals surface area contributed by atoms with E-state index in [1.54, 1.807) is 16.1 Å². The molecule has 21 heavy (non-hydrogen) atoms. The molecule has 2 aliphatic heterocycles. The van der Waals surface area contributed by atoms with Crippen LogP contribution in [-0.4, -0.2) is 43.0 Å². The lowest BCUT2D eigenvalue weighted by Crippen LogP contribution is -2.53. The second-order valence-corrected chi connectivity index (χ2v) is 7.78. The van der Waals surface area contributed by atoms with Crippen LogP contribution in [0.4, 0.5) is 5.69 Å². The van der Waals surface area contributed by atoms with Crippen LogP contribution in [0.15, 0.2) is 30.3 Å². The van der Waals surface area contributed by atoms with Crippen LogP contribution in [-0.2, 0) is 14.8 Å². The van der Waals surface area contributed by atoms with Gasteiger partial charge in [0.2, 0.25) is 15.9 Å². The number of sulfonamides is 1.